The van der Waals surface area contributed by atoms with E-state index in [1.165, 1.54) is 0 Å². The number of nitrogens with two attached hydrogens (primary N) is 1. The highest BCUT2D eigenvalue weighted by Crippen LogP contribution is 2.00. The van der Waals surface area contributed by atoms with E-state index in [0.717, 1.165) is 18.7 Å². The average molecular weight is 190 g/mol. The zero-order chi connectivity index (χ0) is 9.40. The lowest BCUT2D eigenvalue weighted by molar-refractivity contribution is -0.118. The Morgan fingerprint density at radius 2 is 2.33 bits per heavy atom. The van der Waals surface area contributed by atoms with Crippen LogP contribution in [0.4, 0.5) is 0 Å². The maximum absolute atomic E-state index is 11.0. The second-order valence-corrected chi connectivity index (χ2v) is 3.87. The molecule has 0 heterocycles. The summed E-state index contributed by atoms with van der Waals surface area (Å²) in [7, 11) is 0. The number of amides is 1. The molecule has 0 saturated carbocycles. The Hall–Kier alpha value is -0.220. The van der Waals surface area contributed by atoms with Crippen molar-refractivity contribution in [2.75, 3.05) is 18.1 Å². The maximum Gasteiger partial charge on any atom is 0.229 e. The molecule has 0 spiro atoms. The summed E-state index contributed by atoms with van der Waals surface area (Å²) < 4.78 is 0. The summed E-state index contributed by atoms with van der Waals surface area (Å²) in [6.45, 7) is 4.75. The molecule has 1 atom stereocenters. The zero-order valence-electron chi connectivity index (χ0n) is 7.80. The molecule has 3 N–H and O–H groups in total. The fraction of sp³-hybridized carbons (Fsp3) is 0.875. The average Bonchev–Trinajstić information content (AvgIpc) is 2.00. The van der Waals surface area contributed by atoms with Crippen molar-refractivity contribution in [1.29, 1.82) is 0 Å². The van der Waals surface area contributed by atoms with E-state index in [4.69, 9.17) is 5.73 Å². The molecule has 0 radical (unpaired) electrons. The van der Waals surface area contributed by atoms with Gasteiger partial charge in [0.15, 0.2) is 0 Å². The first kappa shape index (κ1) is 11.8. The zero-order valence-corrected chi connectivity index (χ0v) is 8.62. The number of nitrogens with one attached hydrogen (secondary N) is 1. The first-order valence-electron chi connectivity index (χ1n) is 4.26. The van der Waals surface area contributed by atoms with Gasteiger partial charge in [0.1, 0.15) is 0 Å². The maximum atomic E-state index is 11.0. The highest BCUT2D eigenvalue weighted by atomic mass is 32.2. The number of hydrogen-bond donors (Lipinski definition) is 2. The predicted molar refractivity (Wildman–Crippen MR) is 54.3 cm³/mol. The summed E-state index contributed by atoms with van der Waals surface area (Å²) >= 11 is 1.58. The van der Waals surface area contributed by atoms with Crippen molar-refractivity contribution in [2.45, 2.75) is 26.3 Å². The third-order valence-corrected chi connectivity index (χ3v) is 2.41. The summed E-state index contributed by atoms with van der Waals surface area (Å²) in [6.07, 6.45) is 0.990. The minimum Gasteiger partial charge on any atom is -0.355 e. The quantitative estimate of drug-likeness (QED) is 0.644. The third kappa shape index (κ3) is 7.88. The van der Waals surface area contributed by atoms with E-state index in [9.17, 15) is 4.79 Å². The van der Waals surface area contributed by atoms with Crippen LogP contribution in [0.25, 0.3) is 0 Å². The molecular formula is C8H18N2OS. The fourth-order valence-electron chi connectivity index (χ4n) is 0.653. The predicted octanol–water partition coefficient (Wildman–Crippen LogP) is 0.593. The smallest absolute Gasteiger partial charge is 0.229 e. The van der Waals surface area contributed by atoms with E-state index in [-0.39, 0.29) is 11.9 Å². The van der Waals surface area contributed by atoms with Gasteiger partial charge in [0.05, 0.1) is 5.75 Å². The van der Waals surface area contributed by atoms with Gasteiger partial charge in [-0.2, -0.15) is 11.8 Å². The second kappa shape index (κ2) is 7.43. The van der Waals surface area contributed by atoms with Crippen molar-refractivity contribution in [2.24, 2.45) is 5.73 Å². The molecule has 1 unspecified atom stereocenters. The molecule has 4 heteroatoms. The third-order valence-electron chi connectivity index (χ3n) is 1.19. The van der Waals surface area contributed by atoms with E-state index >= 15 is 0 Å². The Labute approximate surface area is 78.5 Å². The van der Waals surface area contributed by atoms with Crippen molar-refractivity contribution in [3.63, 3.8) is 0 Å². The minimum absolute atomic E-state index is 0.113. The van der Waals surface area contributed by atoms with Gasteiger partial charge in [-0.1, -0.05) is 6.92 Å². The van der Waals surface area contributed by atoms with Gasteiger partial charge in [-0.25, -0.2) is 0 Å². The highest BCUT2D eigenvalue weighted by molar-refractivity contribution is 7.99. The van der Waals surface area contributed by atoms with Crippen molar-refractivity contribution < 1.29 is 4.79 Å². The van der Waals surface area contributed by atoms with Crippen LogP contribution in [0.15, 0.2) is 0 Å². The first-order valence-corrected chi connectivity index (χ1v) is 5.42. The van der Waals surface area contributed by atoms with Crippen molar-refractivity contribution >= 4 is 17.7 Å². The van der Waals surface area contributed by atoms with Crippen LogP contribution in [-0.2, 0) is 4.79 Å². The molecule has 0 bridgehead atoms. The van der Waals surface area contributed by atoms with Crippen LogP contribution < -0.4 is 11.1 Å². The lowest BCUT2D eigenvalue weighted by atomic mass is 10.4. The molecule has 72 valence electrons. The monoisotopic (exact) mass is 190 g/mol. The Morgan fingerprint density at radius 3 is 2.83 bits per heavy atom. The number of hydrogen-bond acceptors (Lipinski definition) is 3. The summed E-state index contributed by atoms with van der Waals surface area (Å²) in [5.41, 5.74) is 5.53. The summed E-state index contributed by atoms with van der Waals surface area (Å²) in [5, 5.41) is 2.81. The topological polar surface area (TPSA) is 55.1 Å². The lowest BCUT2D eigenvalue weighted by Gasteiger charge is -2.04. The van der Waals surface area contributed by atoms with Crippen molar-refractivity contribution in [3.8, 4) is 0 Å². The molecule has 0 aromatic carbocycles. The van der Waals surface area contributed by atoms with Gasteiger partial charge in [0, 0.05) is 18.3 Å². The molecule has 0 aromatic rings. The Kier molecular flexibility index (Phi) is 7.29. The molecule has 0 saturated heterocycles. The molecule has 0 aromatic heterocycles. The number of thioether (sulfide) groups is 1. The second-order valence-electron chi connectivity index (χ2n) is 2.84. The molecule has 0 aliphatic heterocycles. The SMILES string of the molecule is CCCNC(=O)CSCC(C)N. The molecule has 3 nitrogen and oxygen atoms in total. The first-order chi connectivity index (χ1) is 5.66. The van der Waals surface area contributed by atoms with Crippen LogP contribution in [0.3, 0.4) is 0 Å². The highest BCUT2D eigenvalue weighted by Gasteiger charge is 2.00. The minimum atomic E-state index is 0.113. The van der Waals surface area contributed by atoms with E-state index in [0.29, 0.717) is 5.75 Å². The fourth-order valence-corrected chi connectivity index (χ4v) is 1.43. The van der Waals surface area contributed by atoms with Crippen LogP contribution in [-0.4, -0.2) is 30.0 Å². The van der Waals surface area contributed by atoms with Gasteiger partial charge in [0.2, 0.25) is 5.91 Å². The standard InChI is InChI=1S/C8H18N2OS/c1-3-4-10-8(11)6-12-5-7(2)9/h7H,3-6,9H2,1-2H3,(H,10,11). The van der Waals surface area contributed by atoms with Crippen molar-refractivity contribution in [3.05, 3.63) is 0 Å². The molecule has 0 aliphatic rings. The molecule has 1 amide bonds. The number of carbonyl (C=O) groups excluding carboxylic acids is 1. The largest absolute Gasteiger partial charge is 0.355 e. The molecule has 0 aliphatic carbocycles. The summed E-state index contributed by atoms with van der Waals surface area (Å²) in [4.78, 5) is 11.0. The Balaban J connectivity index is 3.20. The summed E-state index contributed by atoms with van der Waals surface area (Å²) in [5.74, 6) is 1.49. The molecule has 0 rings (SSSR count). The van der Waals surface area contributed by atoms with Crippen LogP contribution >= 0.6 is 11.8 Å². The Bertz CT molecular complexity index is 128. The molecular weight excluding hydrogens is 172 g/mol. The van der Waals surface area contributed by atoms with Gasteiger partial charge in [-0.15, -0.1) is 0 Å². The number of rotatable bonds is 6. The van der Waals surface area contributed by atoms with E-state index in [1.54, 1.807) is 11.8 Å². The van der Waals surface area contributed by atoms with Gasteiger partial charge >= 0.3 is 0 Å². The van der Waals surface area contributed by atoms with E-state index in [2.05, 4.69) is 5.32 Å². The molecule has 0 fully saturated rings. The van der Waals surface area contributed by atoms with Gasteiger partial charge in [-0.3, -0.25) is 4.79 Å². The van der Waals surface area contributed by atoms with Crippen LogP contribution in [0, 0.1) is 0 Å². The van der Waals surface area contributed by atoms with Crippen molar-refractivity contribution in [1.82, 2.24) is 5.32 Å². The van der Waals surface area contributed by atoms with Gasteiger partial charge in [-0.05, 0) is 13.3 Å². The summed E-state index contributed by atoms with van der Waals surface area (Å²) in [6, 6.07) is 0.175. The van der Waals surface area contributed by atoms with Crippen LogP contribution in [0.5, 0.6) is 0 Å². The van der Waals surface area contributed by atoms with Crippen LogP contribution in [0.1, 0.15) is 20.3 Å². The van der Waals surface area contributed by atoms with Crippen LogP contribution in [0.2, 0.25) is 0 Å². The van der Waals surface area contributed by atoms with E-state index in [1.807, 2.05) is 13.8 Å². The lowest BCUT2D eigenvalue weighted by Crippen LogP contribution is -2.27. The van der Waals surface area contributed by atoms with Gasteiger partial charge < -0.3 is 11.1 Å². The van der Waals surface area contributed by atoms with Gasteiger partial charge in [0.25, 0.3) is 0 Å². The normalized spacial score (nSPS) is 12.6. The van der Waals surface area contributed by atoms with E-state index < -0.39 is 0 Å². The number of carbonyl (C=O) groups is 1. The Morgan fingerprint density at radius 1 is 1.67 bits per heavy atom. The molecule has 12 heavy (non-hydrogen) atoms.